The fourth-order valence-electron chi connectivity index (χ4n) is 1.19. The molecule has 1 rings (SSSR count). The van der Waals surface area contributed by atoms with Gasteiger partial charge < -0.3 is 5.11 Å². The van der Waals surface area contributed by atoms with Crippen molar-refractivity contribution in [3.05, 3.63) is 35.4 Å². The van der Waals surface area contributed by atoms with Crippen molar-refractivity contribution >= 4 is 5.97 Å². The van der Waals surface area contributed by atoms with Crippen molar-refractivity contribution in [2.45, 2.75) is 19.3 Å². The standard InChI is InChI=1S/C13H11NO2/c1-13(2,12(15)16)11-7-5-10(6-8-11)4-3-9-14/h5-8H,1-2H3,(H,15,16). The number of hydrogen-bond acceptors (Lipinski definition) is 2. The molecule has 3 heteroatoms. The van der Waals surface area contributed by atoms with Gasteiger partial charge in [0.15, 0.2) is 6.07 Å². The Hall–Kier alpha value is -2.26. The minimum atomic E-state index is -0.915. The van der Waals surface area contributed by atoms with Crippen LogP contribution in [0.3, 0.4) is 0 Å². The van der Waals surface area contributed by atoms with Gasteiger partial charge in [0.2, 0.25) is 0 Å². The Kier molecular flexibility index (Phi) is 3.33. The number of hydrogen-bond donors (Lipinski definition) is 1. The van der Waals surface area contributed by atoms with E-state index in [0.29, 0.717) is 11.1 Å². The monoisotopic (exact) mass is 213 g/mol. The van der Waals surface area contributed by atoms with Crippen LogP contribution in [-0.4, -0.2) is 11.1 Å². The molecule has 0 saturated carbocycles. The summed E-state index contributed by atoms with van der Waals surface area (Å²) in [6.07, 6.45) is 0. The molecule has 0 bridgehead atoms. The van der Waals surface area contributed by atoms with Crippen LogP contribution in [0.25, 0.3) is 0 Å². The number of carboxylic acids is 1. The lowest BCUT2D eigenvalue weighted by atomic mass is 9.84. The quantitative estimate of drug-likeness (QED) is 0.763. The lowest BCUT2D eigenvalue weighted by Crippen LogP contribution is -2.28. The van der Waals surface area contributed by atoms with Gasteiger partial charge in [-0.25, -0.2) is 0 Å². The van der Waals surface area contributed by atoms with Crippen LogP contribution in [0.4, 0.5) is 0 Å². The summed E-state index contributed by atoms with van der Waals surface area (Å²) in [5.41, 5.74) is 0.496. The fraction of sp³-hybridized carbons (Fsp3) is 0.231. The minimum absolute atomic E-state index is 0.700. The molecule has 0 radical (unpaired) electrons. The molecule has 0 atom stereocenters. The highest BCUT2D eigenvalue weighted by molar-refractivity contribution is 5.80. The first-order valence-electron chi connectivity index (χ1n) is 4.72. The number of benzene rings is 1. The van der Waals surface area contributed by atoms with E-state index in [-0.39, 0.29) is 0 Å². The molecule has 0 heterocycles. The van der Waals surface area contributed by atoms with Crippen molar-refractivity contribution in [3.8, 4) is 17.9 Å². The molecule has 0 spiro atoms. The fourth-order valence-corrected chi connectivity index (χ4v) is 1.19. The molecule has 3 nitrogen and oxygen atoms in total. The largest absolute Gasteiger partial charge is 0.481 e. The average Bonchev–Trinajstić information content (AvgIpc) is 2.26. The Morgan fingerprint density at radius 1 is 1.31 bits per heavy atom. The van der Waals surface area contributed by atoms with Crippen molar-refractivity contribution < 1.29 is 9.90 Å². The molecule has 0 unspecified atom stereocenters. The molecule has 0 aliphatic carbocycles. The molecular formula is C13H11NO2. The van der Waals surface area contributed by atoms with Crippen molar-refractivity contribution in [1.29, 1.82) is 5.26 Å². The summed E-state index contributed by atoms with van der Waals surface area (Å²) >= 11 is 0. The molecular weight excluding hydrogens is 202 g/mol. The maximum absolute atomic E-state index is 11.0. The molecule has 0 saturated heterocycles. The van der Waals surface area contributed by atoms with Crippen LogP contribution < -0.4 is 0 Å². The van der Waals surface area contributed by atoms with Crippen molar-refractivity contribution in [3.63, 3.8) is 0 Å². The van der Waals surface area contributed by atoms with Gasteiger partial charge in [0.05, 0.1) is 5.41 Å². The van der Waals surface area contributed by atoms with E-state index in [4.69, 9.17) is 10.4 Å². The summed E-state index contributed by atoms with van der Waals surface area (Å²) in [5.74, 6) is 4.06. The average molecular weight is 213 g/mol. The van der Waals surface area contributed by atoms with E-state index < -0.39 is 11.4 Å². The molecule has 1 aromatic carbocycles. The van der Waals surface area contributed by atoms with Crippen LogP contribution in [-0.2, 0) is 10.2 Å². The topological polar surface area (TPSA) is 61.1 Å². The number of nitriles is 1. The third-order valence-corrected chi connectivity index (χ3v) is 2.40. The highest BCUT2D eigenvalue weighted by Crippen LogP contribution is 2.23. The van der Waals surface area contributed by atoms with Crippen LogP contribution in [0, 0.1) is 23.2 Å². The van der Waals surface area contributed by atoms with Gasteiger partial charge in [-0.05, 0) is 31.5 Å². The van der Waals surface area contributed by atoms with Crippen molar-refractivity contribution in [2.75, 3.05) is 0 Å². The van der Waals surface area contributed by atoms with Gasteiger partial charge in [-0.15, -0.1) is 0 Å². The number of carbonyl (C=O) groups is 1. The van der Waals surface area contributed by atoms with E-state index in [1.165, 1.54) is 0 Å². The number of carboxylic acid groups (broad SMARTS) is 1. The molecule has 1 N–H and O–H groups in total. The summed E-state index contributed by atoms with van der Waals surface area (Å²) in [6, 6.07) is 8.58. The number of aliphatic carboxylic acids is 1. The molecule has 0 aromatic heterocycles. The highest BCUT2D eigenvalue weighted by Gasteiger charge is 2.28. The van der Waals surface area contributed by atoms with Gasteiger partial charge in [-0.1, -0.05) is 18.1 Å². The van der Waals surface area contributed by atoms with Gasteiger partial charge in [0.25, 0.3) is 0 Å². The Labute approximate surface area is 94.3 Å². The molecule has 0 fully saturated rings. The minimum Gasteiger partial charge on any atom is -0.481 e. The Morgan fingerprint density at radius 2 is 1.88 bits per heavy atom. The number of nitrogens with zero attached hydrogens (tertiary/aromatic N) is 1. The molecule has 16 heavy (non-hydrogen) atoms. The Morgan fingerprint density at radius 3 is 2.31 bits per heavy atom. The van der Waals surface area contributed by atoms with E-state index in [1.54, 1.807) is 44.2 Å². The van der Waals surface area contributed by atoms with E-state index in [1.807, 2.05) is 0 Å². The zero-order valence-electron chi connectivity index (χ0n) is 9.11. The van der Waals surface area contributed by atoms with Gasteiger partial charge in [0.1, 0.15) is 0 Å². The zero-order chi connectivity index (χ0) is 12.2. The van der Waals surface area contributed by atoms with Crippen molar-refractivity contribution in [1.82, 2.24) is 0 Å². The molecule has 0 amide bonds. The number of rotatable bonds is 2. The third-order valence-electron chi connectivity index (χ3n) is 2.40. The first-order valence-corrected chi connectivity index (χ1v) is 4.72. The summed E-state index contributed by atoms with van der Waals surface area (Å²) in [7, 11) is 0. The van der Waals surface area contributed by atoms with Gasteiger partial charge in [-0.2, -0.15) is 5.26 Å². The predicted octanol–water partition coefficient (Wildman–Crippen LogP) is 1.92. The van der Waals surface area contributed by atoms with E-state index >= 15 is 0 Å². The van der Waals surface area contributed by atoms with Gasteiger partial charge >= 0.3 is 5.97 Å². The molecule has 0 aliphatic rings. The van der Waals surface area contributed by atoms with Crippen LogP contribution in [0.1, 0.15) is 25.0 Å². The summed E-state index contributed by atoms with van der Waals surface area (Å²) < 4.78 is 0. The van der Waals surface area contributed by atoms with E-state index in [0.717, 1.165) is 0 Å². The smallest absolute Gasteiger partial charge is 0.313 e. The lowest BCUT2D eigenvalue weighted by Gasteiger charge is -2.19. The van der Waals surface area contributed by atoms with Crippen LogP contribution in [0.5, 0.6) is 0 Å². The summed E-state index contributed by atoms with van der Waals surface area (Å²) in [4.78, 5) is 11.0. The predicted molar refractivity (Wildman–Crippen MR) is 59.6 cm³/mol. The highest BCUT2D eigenvalue weighted by atomic mass is 16.4. The van der Waals surface area contributed by atoms with Crippen LogP contribution >= 0.6 is 0 Å². The molecule has 80 valence electrons. The SMILES string of the molecule is CC(C)(C(=O)O)c1ccc(C#CC#N)cc1. The molecule has 1 aromatic rings. The first kappa shape index (κ1) is 11.8. The Balaban J connectivity index is 3.05. The maximum atomic E-state index is 11.0. The third kappa shape index (κ3) is 2.40. The van der Waals surface area contributed by atoms with E-state index in [9.17, 15) is 4.79 Å². The second kappa shape index (κ2) is 4.51. The van der Waals surface area contributed by atoms with Crippen LogP contribution in [0.2, 0.25) is 0 Å². The second-order valence-electron chi connectivity index (χ2n) is 3.87. The van der Waals surface area contributed by atoms with Crippen molar-refractivity contribution in [2.24, 2.45) is 0 Å². The summed E-state index contributed by atoms with van der Waals surface area (Å²) in [6.45, 7) is 3.29. The van der Waals surface area contributed by atoms with Crippen LogP contribution in [0.15, 0.2) is 24.3 Å². The lowest BCUT2D eigenvalue weighted by molar-refractivity contribution is -0.142. The second-order valence-corrected chi connectivity index (χ2v) is 3.87. The first-order chi connectivity index (χ1) is 7.48. The summed E-state index contributed by atoms with van der Waals surface area (Å²) in [5, 5.41) is 17.3. The van der Waals surface area contributed by atoms with Gasteiger partial charge in [-0.3, -0.25) is 4.79 Å². The van der Waals surface area contributed by atoms with E-state index in [2.05, 4.69) is 11.8 Å². The molecule has 0 aliphatic heterocycles. The maximum Gasteiger partial charge on any atom is 0.313 e. The Bertz CT molecular complexity index is 495. The zero-order valence-corrected chi connectivity index (χ0v) is 9.11. The normalized spacial score (nSPS) is 9.81. The van der Waals surface area contributed by atoms with Gasteiger partial charge in [0, 0.05) is 11.5 Å².